The number of furan rings is 1. The molecule has 2 heterocycles. The van der Waals surface area contributed by atoms with Crippen molar-refractivity contribution in [2.75, 3.05) is 7.05 Å². The van der Waals surface area contributed by atoms with Crippen molar-refractivity contribution in [1.82, 2.24) is 14.9 Å². The maximum Gasteiger partial charge on any atom is 0.274 e. The Labute approximate surface area is 128 Å². The van der Waals surface area contributed by atoms with Crippen LogP contribution in [-0.4, -0.2) is 27.8 Å². The van der Waals surface area contributed by atoms with Gasteiger partial charge < -0.3 is 9.32 Å². The van der Waals surface area contributed by atoms with Gasteiger partial charge in [0, 0.05) is 18.6 Å². The number of fused-ring (bicyclic) bond motifs is 1. The number of rotatable bonds is 3. The van der Waals surface area contributed by atoms with E-state index in [1.54, 1.807) is 18.1 Å². The number of para-hydroxylation sites is 1. The zero-order chi connectivity index (χ0) is 15.7. The van der Waals surface area contributed by atoms with Crippen LogP contribution in [0.4, 0.5) is 0 Å². The van der Waals surface area contributed by atoms with Gasteiger partial charge in [-0.1, -0.05) is 18.2 Å². The van der Waals surface area contributed by atoms with Gasteiger partial charge in [-0.05, 0) is 26.0 Å². The van der Waals surface area contributed by atoms with Crippen molar-refractivity contribution >= 4 is 16.9 Å². The third-order valence-electron chi connectivity index (χ3n) is 3.76. The predicted octanol–water partition coefficient (Wildman–Crippen LogP) is 3.36. The number of aryl methyl sites for hydroxylation is 1. The molecule has 0 N–H and O–H groups in total. The maximum absolute atomic E-state index is 12.5. The Morgan fingerprint density at radius 1 is 1.23 bits per heavy atom. The molecule has 1 atom stereocenters. The number of hydrogen-bond acceptors (Lipinski definition) is 4. The van der Waals surface area contributed by atoms with Gasteiger partial charge in [0.25, 0.3) is 5.91 Å². The Morgan fingerprint density at radius 2 is 2.00 bits per heavy atom. The second-order valence-electron chi connectivity index (χ2n) is 5.32. The minimum Gasteiger partial charge on any atom is -0.459 e. The van der Waals surface area contributed by atoms with Crippen LogP contribution in [-0.2, 0) is 0 Å². The molecule has 5 heteroatoms. The number of amides is 1. The highest BCUT2D eigenvalue weighted by Gasteiger charge is 2.22. The van der Waals surface area contributed by atoms with Gasteiger partial charge in [-0.2, -0.15) is 0 Å². The topological polar surface area (TPSA) is 59.2 Å². The van der Waals surface area contributed by atoms with Crippen LogP contribution in [0.3, 0.4) is 0 Å². The maximum atomic E-state index is 12.5. The summed E-state index contributed by atoms with van der Waals surface area (Å²) in [5.74, 6) is 0.567. The van der Waals surface area contributed by atoms with Crippen molar-refractivity contribution < 1.29 is 9.21 Å². The molecule has 112 valence electrons. The summed E-state index contributed by atoms with van der Waals surface area (Å²) < 4.78 is 5.83. The van der Waals surface area contributed by atoms with Gasteiger partial charge >= 0.3 is 0 Å². The molecule has 2 aromatic heterocycles. The van der Waals surface area contributed by atoms with Gasteiger partial charge in [0.2, 0.25) is 0 Å². The van der Waals surface area contributed by atoms with Gasteiger partial charge in [-0.25, -0.2) is 4.98 Å². The van der Waals surface area contributed by atoms with Crippen molar-refractivity contribution in [2.45, 2.75) is 19.9 Å². The highest BCUT2D eigenvalue weighted by Crippen LogP contribution is 2.27. The van der Waals surface area contributed by atoms with Gasteiger partial charge in [-0.15, -0.1) is 0 Å². The number of nitrogens with zero attached hydrogens (tertiary/aromatic N) is 3. The Bertz CT molecular complexity index is 775. The first-order valence-corrected chi connectivity index (χ1v) is 7.10. The fourth-order valence-corrected chi connectivity index (χ4v) is 2.26. The van der Waals surface area contributed by atoms with Gasteiger partial charge in [0.05, 0.1) is 17.9 Å². The van der Waals surface area contributed by atoms with E-state index in [1.807, 2.05) is 44.2 Å². The molecule has 22 heavy (non-hydrogen) atoms. The summed E-state index contributed by atoms with van der Waals surface area (Å²) in [4.78, 5) is 22.3. The van der Waals surface area contributed by atoms with E-state index in [9.17, 15) is 4.79 Å². The molecule has 3 aromatic rings. The summed E-state index contributed by atoms with van der Waals surface area (Å²) in [7, 11) is 1.74. The van der Waals surface area contributed by atoms with Crippen LogP contribution >= 0.6 is 0 Å². The monoisotopic (exact) mass is 295 g/mol. The van der Waals surface area contributed by atoms with Crippen LogP contribution in [0.5, 0.6) is 0 Å². The second-order valence-corrected chi connectivity index (χ2v) is 5.32. The Balaban J connectivity index is 1.85. The fourth-order valence-electron chi connectivity index (χ4n) is 2.26. The van der Waals surface area contributed by atoms with E-state index >= 15 is 0 Å². The quantitative estimate of drug-likeness (QED) is 0.743. The van der Waals surface area contributed by atoms with Crippen LogP contribution in [0, 0.1) is 6.92 Å². The molecular formula is C17H17N3O2. The molecule has 0 saturated heterocycles. The molecule has 0 aliphatic rings. The number of hydrogen-bond donors (Lipinski definition) is 0. The zero-order valence-corrected chi connectivity index (χ0v) is 12.8. The number of carbonyl (C=O) groups excluding carboxylic acids is 1. The predicted molar refractivity (Wildman–Crippen MR) is 83.5 cm³/mol. The number of benzene rings is 1. The second kappa shape index (κ2) is 5.60. The van der Waals surface area contributed by atoms with Crippen LogP contribution in [0.2, 0.25) is 0 Å². The van der Waals surface area contributed by atoms with Crippen molar-refractivity contribution in [2.24, 2.45) is 0 Å². The van der Waals surface area contributed by atoms with Crippen LogP contribution in [0.15, 0.2) is 47.1 Å². The summed E-state index contributed by atoms with van der Waals surface area (Å²) in [6.45, 7) is 3.76. The Kier molecular flexibility index (Phi) is 3.63. The van der Waals surface area contributed by atoms with Crippen molar-refractivity contribution in [3.8, 4) is 0 Å². The molecule has 0 bridgehead atoms. The highest BCUT2D eigenvalue weighted by atomic mass is 16.3. The first-order valence-electron chi connectivity index (χ1n) is 7.10. The number of aromatic nitrogens is 2. The van der Waals surface area contributed by atoms with Crippen LogP contribution < -0.4 is 0 Å². The van der Waals surface area contributed by atoms with Crippen molar-refractivity contribution in [3.05, 3.63) is 59.9 Å². The average molecular weight is 295 g/mol. The fraction of sp³-hybridized carbons (Fsp3) is 0.235. The molecule has 5 nitrogen and oxygen atoms in total. The Morgan fingerprint density at radius 3 is 2.68 bits per heavy atom. The van der Waals surface area contributed by atoms with Crippen LogP contribution in [0.1, 0.15) is 34.9 Å². The van der Waals surface area contributed by atoms with Gasteiger partial charge in [-0.3, -0.25) is 9.78 Å². The molecule has 3 rings (SSSR count). The molecular weight excluding hydrogens is 278 g/mol. The first-order chi connectivity index (χ1) is 10.6. The summed E-state index contributed by atoms with van der Waals surface area (Å²) in [5, 5.41) is 1.03. The standard InChI is InChI=1S/C17H17N3O2/c1-11-9-19-14(10-18-11)17(21)20(3)12(2)16-8-13-6-4-5-7-15(13)22-16/h4-10,12H,1-3H3. The molecule has 1 unspecified atom stereocenters. The Hall–Kier alpha value is -2.69. The SMILES string of the molecule is Cc1cnc(C(=O)N(C)C(C)c2cc3ccccc3o2)cn1. The first kappa shape index (κ1) is 14.3. The molecule has 1 amide bonds. The third kappa shape index (κ3) is 2.57. The lowest BCUT2D eigenvalue weighted by Crippen LogP contribution is -2.30. The summed E-state index contributed by atoms with van der Waals surface area (Å²) in [6, 6.07) is 9.56. The summed E-state index contributed by atoms with van der Waals surface area (Å²) in [6.07, 6.45) is 3.09. The average Bonchev–Trinajstić information content (AvgIpc) is 2.97. The van der Waals surface area contributed by atoms with E-state index in [0.717, 1.165) is 22.4 Å². The minimum atomic E-state index is -0.192. The molecule has 0 radical (unpaired) electrons. The van der Waals surface area contributed by atoms with E-state index in [1.165, 1.54) is 6.20 Å². The summed E-state index contributed by atoms with van der Waals surface area (Å²) >= 11 is 0. The molecule has 0 aliphatic heterocycles. The minimum absolute atomic E-state index is 0.180. The van der Waals surface area contributed by atoms with E-state index in [4.69, 9.17) is 4.42 Å². The van der Waals surface area contributed by atoms with Crippen LogP contribution in [0.25, 0.3) is 11.0 Å². The lowest BCUT2D eigenvalue weighted by atomic mass is 10.2. The lowest BCUT2D eigenvalue weighted by Gasteiger charge is -2.22. The highest BCUT2D eigenvalue weighted by molar-refractivity contribution is 5.92. The van der Waals surface area contributed by atoms with E-state index < -0.39 is 0 Å². The molecule has 0 aliphatic carbocycles. The van der Waals surface area contributed by atoms with Gasteiger partial charge in [0.1, 0.15) is 17.0 Å². The number of carbonyl (C=O) groups is 1. The van der Waals surface area contributed by atoms with Crippen molar-refractivity contribution in [1.29, 1.82) is 0 Å². The van der Waals surface area contributed by atoms with Gasteiger partial charge in [0.15, 0.2) is 0 Å². The third-order valence-corrected chi connectivity index (χ3v) is 3.76. The largest absolute Gasteiger partial charge is 0.459 e. The lowest BCUT2D eigenvalue weighted by molar-refractivity contribution is 0.0721. The molecule has 0 fully saturated rings. The summed E-state index contributed by atoms with van der Waals surface area (Å²) in [5.41, 5.74) is 1.93. The normalized spacial score (nSPS) is 12.3. The van der Waals surface area contributed by atoms with E-state index in [2.05, 4.69) is 9.97 Å². The smallest absolute Gasteiger partial charge is 0.274 e. The van der Waals surface area contributed by atoms with Crippen molar-refractivity contribution in [3.63, 3.8) is 0 Å². The van der Waals surface area contributed by atoms with E-state index in [0.29, 0.717) is 5.69 Å². The molecule has 1 aromatic carbocycles. The molecule has 0 spiro atoms. The van der Waals surface area contributed by atoms with E-state index in [-0.39, 0.29) is 11.9 Å². The zero-order valence-electron chi connectivity index (χ0n) is 12.8. The molecule has 0 saturated carbocycles.